The fraction of sp³-hybridized carbons (Fsp3) is 0.579. The summed E-state index contributed by atoms with van der Waals surface area (Å²) in [5.41, 5.74) is 0.762. The van der Waals surface area contributed by atoms with Crippen molar-refractivity contribution in [3.05, 3.63) is 24.3 Å². The van der Waals surface area contributed by atoms with Gasteiger partial charge in [-0.05, 0) is 44.2 Å². The largest absolute Gasteiger partial charge is 0.479 e. The van der Waals surface area contributed by atoms with Gasteiger partial charge in [0.2, 0.25) is 5.91 Å². The molecule has 130 valence electrons. The van der Waals surface area contributed by atoms with Crippen molar-refractivity contribution >= 4 is 17.5 Å². The Morgan fingerprint density at radius 2 is 2.00 bits per heavy atom. The van der Waals surface area contributed by atoms with E-state index in [2.05, 4.69) is 6.92 Å². The molecule has 0 bridgehead atoms. The van der Waals surface area contributed by atoms with E-state index in [1.165, 1.54) is 6.42 Å². The summed E-state index contributed by atoms with van der Waals surface area (Å²) in [6.45, 7) is 6.09. The van der Waals surface area contributed by atoms with Crippen molar-refractivity contribution in [1.29, 1.82) is 0 Å². The van der Waals surface area contributed by atoms with Crippen LogP contribution in [0, 0.1) is 5.92 Å². The van der Waals surface area contributed by atoms with Gasteiger partial charge in [0.25, 0.3) is 5.91 Å². The topological polar surface area (TPSA) is 49.9 Å². The zero-order valence-corrected chi connectivity index (χ0v) is 14.5. The molecule has 2 heterocycles. The molecule has 1 aromatic rings. The Morgan fingerprint density at radius 3 is 2.83 bits per heavy atom. The number of rotatable bonds is 3. The van der Waals surface area contributed by atoms with E-state index in [1.54, 1.807) is 11.8 Å². The van der Waals surface area contributed by atoms with Crippen molar-refractivity contribution in [2.24, 2.45) is 5.92 Å². The van der Waals surface area contributed by atoms with E-state index in [1.807, 2.05) is 29.2 Å². The lowest BCUT2D eigenvalue weighted by atomic mass is 10.0. The highest BCUT2D eigenvalue weighted by molar-refractivity contribution is 6.00. The van der Waals surface area contributed by atoms with Crippen LogP contribution in [0.3, 0.4) is 0 Å². The Balaban J connectivity index is 1.65. The number of nitrogens with zero attached hydrogens (tertiary/aromatic N) is 2. The molecule has 2 aliphatic heterocycles. The number of carbonyl (C=O) groups is 2. The number of likely N-dealkylation sites (tertiary alicyclic amines) is 1. The molecule has 0 saturated carbocycles. The fourth-order valence-corrected chi connectivity index (χ4v) is 3.47. The third-order valence-electron chi connectivity index (χ3n) is 4.99. The molecule has 24 heavy (non-hydrogen) atoms. The number of carbonyl (C=O) groups excluding carboxylic acids is 2. The average Bonchev–Trinajstić information content (AvgIpc) is 2.80. The molecule has 3 rings (SSSR count). The molecule has 5 nitrogen and oxygen atoms in total. The van der Waals surface area contributed by atoms with Gasteiger partial charge in [0.05, 0.1) is 5.69 Å². The molecule has 2 amide bonds. The fourth-order valence-electron chi connectivity index (χ4n) is 3.47. The number of para-hydroxylation sites is 2. The van der Waals surface area contributed by atoms with Gasteiger partial charge in [-0.25, -0.2) is 0 Å². The van der Waals surface area contributed by atoms with Crippen LogP contribution < -0.4 is 9.64 Å². The second-order valence-electron chi connectivity index (χ2n) is 6.88. The van der Waals surface area contributed by atoms with E-state index < -0.39 is 6.10 Å². The summed E-state index contributed by atoms with van der Waals surface area (Å²) in [6.07, 6.45) is 3.19. The van der Waals surface area contributed by atoms with Crippen LogP contribution in [0.25, 0.3) is 0 Å². The van der Waals surface area contributed by atoms with Crippen LogP contribution in [0.15, 0.2) is 24.3 Å². The molecular weight excluding hydrogens is 304 g/mol. The molecule has 1 saturated heterocycles. The van der Waals surface area contributed by atoms with E-state index in [-0.39, 0.29) is 11.8 Å². The van der Waals surface area contributed by atoms with Crippen molar-refractivity contribution in [1.82, 2.24) is 4.90 Å². The van der Waals surface area contributed by atoms with E-state index >= 15 is 0 Å². The Bertz CT molecular complexity index is 616. The summed E-state index contributed by atoms with van der Waals surface area (Å²) in [7, 11) is 0. The second-order valence-corrected chi connectivity index (χ2v) is 6.88. The number of ether oxygens (including phenoxy) is 1. The summed E-state index contributed by atoms with van der Waals surface area (Å²) in [6, 6.07) is 7.51. The Hall–Kier alpha value is -2.04. The standard InChI is InChI=1S/C19H26N2O3/c1-14-6-5-11-20(12-9-14)18(22)10-13-21-16-7-3-4-8-17(16)24-15(2)19(21)23/h3-4,7-8,14-15H,5-6,9-13H2,1-2H3/t14-,15-/m0/s1. The van der Waals surface area contributed by atoms with Crippen molar-refractivity contribution in [2.75, 3.05) is 24.5 Å². The number of fused-ring (bicyclic) bond motifs is 1. The molecule has 0 N–H and O–H groups in total. The maximum atomic E-state index is 12.6. The minimum atomic E-state index is -0.506. The van der Waals surface area contributed by atoms with Crippen LogP contribution in [-0.2, 0) is 9.59 Å². The molecule has 2 atom stereocenters. The predicted molar refractivity (Wildman–Crippen MR) is 93.1 cm³/mol. The molecule has 1 aromatic carbocycles. The van der Waals surface area contributed by atoms with Gasteiger partial charge in [-0.15, -0.1) is 0 Å². The lowest BCUT2D eigenvalue weighted by Gasteiger charge is -2.33. The van der Waals surface area contributed by atoms with Crippen molar-refractivity contribution in [3.8, 4) is 5.75 Å². The van der Waals surface area contributed by atoms with Gasteiger partial charge in [-0.2, -0.15) is 0 Å². The number of hydrogen-bond acceptors (Lipinski definition) is 3. The van der Waals surface area contributed by atoms with E-state index in [0.29, 0.717) is 24.6 Å². The lowest BCUT2D eigenvalue weighted by molar-refractivity contribution is -0.131. The number of hydrogen-bond donors (Lipinski definition) is 0. The van der Waals surface area contributed by atoms with Crippen LogP contribution >= 0.6 is 0 Å². The molecule has 0 aliphatic carbocycles. The maximum Gasteiger partial charge on any atom is 0.267 e. The highest BCUT2D eigenvalue weighted by Crippen LogP contribution is 2.33. The normalized spacial score (nSPS) is 24.2. The number of amides is 2. The predicted octanol–water partition coefficient (Wildman–Crippen LogP) is 2.84. The molecule has 5 heteroatoms. The van der Waals surface area contributed by atoms with Crippen molar-refractivity contribution < 1.29 is 14.3 Å². The van der Waals surface area contributed by atoms with Crippen LogP contribution in [0.4, 0.5) is 5.69 Å². The summed E-state index contributed by atoms with van der Waals surface area (Å²) in [5.74, 6) is 1.47. The van der Waals surface area contributed by atoms with Crippen LogP contribution in [0.5, 0.6) is 5.75 Å². The van der Waals surface area contributed by atoms with Gasteiger partial charge in [0.15, 0.2) is 6.10 Å². The second kappa shape index (κ2) is 7.24. The summed E-state index contributed by atoms with van der Waals surface area (Å²) in [5, 5.41) is 0. The minimum absolute atomic E-state index is 0.0778. The van der Waals surface area contributed by atoms with Gasteiger partial charge >= 0.3 is 0 Å². The highest BCUT2D eigenvalue weighted by atomic mass is 16.5. The summed E-state index contributed by atoms with van der Waals surface area (Å²) < 4.78 is 5.64. The smallest absolute Gasteiger partial charge is 0.267 e. The molecule has 0 unspecified atom stereocenters. The molecule has 2 aliphatic rings. The first-order valence-electron chi connectivity index (χ1n) is 8.91. The zero-order valence-electron chi connectivity index (χ0n) is 14.5. The minimum Gasteiger partial charge on any atom is -0.479 e. The molecule has 0 aromatic heterocycles. The van der Waals surface area contributed by atoms with Gasteiger partial charge in [0.1, 0.15) is 5.75 Å². The van der Waals surface area contributed by atoms with Crippen LogP contribution in [0.1, 0.15) is 39.5 Å². The van der Waals surface area contributed by atoms with Crippen LogP contribution in [0.2, 0.25) is 0 Å². The first-order chi connectivity index (χ1) is 11.6. The summed E-state index contributed by atoms with van der Waals surface area (Å²) in [4.78, 5) is 28.7. The quantitative estimate of drug-likeness (QED) is 0.856. The molecular formula is C19H26N2O3. The number of anilines is 1. The van der Waals surface area contributed by atoms with Gasteiger partial charge in [0, 0.05) is 26.1 Å². The van der Waals surface area contributed by atoms with Gasteiger partial charge in [-0.1, -0.05) is 19.1 Å². The van der Waals surface area contributed by atoms with Crippen molar-refractivity contribution in [3.63, 3.8) is 0 Å². The van der Waals surface area contributed by atoms with Crippen LogP contribution in [-0.4, -0.2) is 42.5 Å². The van der Waals surface area contributed by atoms with Gasteiger partial charge < -0.3 is 14.5 Å². The SMILES string of the molecule is C[C@H]1CCCN(C(=O)CCN2C(=O)[C@H](C)Oc3ccccc32)CC1. The third-order valence-corrected chi connectivity index (χ3v) is 4.99. The first kappa shape index (κ1) is 16.8. The van der Waals surface area contributed by atoms with E-state index in [9.17, 15) is 9.59 Å². The van der Waals surface area contributed by atoms with E-state index in [0.717, 1.165) is 31.6 Å². The zero-order chi connectivity index (χ0) is 17.1. The number of benzene rings is 1. The summed E-state index contributed by atoms with van der Waals surface area (Å²) >= 11 is 0. The molecule has 0 spiro atoms. The Kier molecular flexibility index (Phi) is 5.07. The lowest BCUT2D eigenvalue weighted by Crippen LogP contribution is -2.46. The van der Waals surface area contributed by atoms with Gasteiger partial charge in [-0.3, -0.25) is 9.59 Å². The first-order valence-corrected chi connectivity index (χ1v) is 8.91. The maximum absolute atomic E-state index is 12.6. The average molecular weight is 330 g/mol. The van der Waals surface area contributed by atoms with Crippen molar-refractivity contribution in [2.45, 2.75) is 45.6 Å². The molecule has 1 fully saturated rings. The van der Waals surface area contributed by atoms with E-state index in [4.69, 9.17) is 4.74 Å². The monoisotopic (exact) mass is 330 g/mol. The Labute approximate surface area is 143 Å². The molecule has 0 radical (unpaired) electrons. The third kappa shape index (κ3) is 3.55. The Morgan fingerprint density at radius 1 is 1.21 bits per heavy atom. The highest BCUT2D eigenvalue weighted by Gasteiger charge is 2.31.